The van der Waals surface area contributed by atoms with E-state index in [4.69, 9.17) is 0 Å². The van der Waals surface area contributed by atoms with Crippen molar-refractivity contribution in [3.8, 4) is 0 Å². The van der Waals surface area contributed by atoms with Gasteiger partial charge in [-0.05, 0) is 52.1 Å². The molecule has 4 nitrogen and oxygen atoms in total. The summed E-state index contributed by atoms with van der Waals surface area (Å²) in [4.78, 5) is 10.5. The minimum Gasteiger partial charge on any atom is -0.302 e. The third-order valence-corrected chi connectivity index (χ3v) is 4.99. The lowest BCUT2D eigenvalue weighted by atomic mass is 10.3. The van der Waals surface area contributed by atoms with Crippen LogP contribution in [0.5, 0.6) is 0 Å². The van der Waals surface area contributed by atoms with Crippen LogP contribution in [0.4, 0.5) is 0 Å². The van der Waals surface area contributed by atoms with Crippen molar-refractivity contribution in [3.63, 3.8) is 0 Å². The predicted octanol–water partition coefficient (Wildman–Crippen LogP) is 1.04. The topological polar surface area (TPSA) is 13.0 Å². The lowest BCUT2D eigenvalue weighted by Crippen LogP contribution is -2.39. The molecule has 2 saturated heterocycles. The molecular formula is C16H34N4. The third kappa shape index (κ3) is 5.32. The first-order valence-corrected chi connectivity index (χ1v) is 8.71. The molecular weight excluding hydrogens is 248 g/mol. The standard InChI is InChI=1S/C16H34N4/c1-3-17-7-5-9-19(13-11-17)15-16-20-10-6-8-18(4-2)12-14-20/h3-16H2,1-2H3. The van der Waals surface area contributed by atoms with Crippen LogP contribution in [0.2, 0.25) is 0 Å². The Kier molecular flexibility index (Phi) is 7.28. The molecule has 0 radical (unpaired) electrons. The molecule has 2 aliphatic rings. The van der Waals surface area contributed by atoms with Crippen LogP contribution in [0, 0.1) is 0 Å². The molecule has 0 unspecified atom stereocenters. The van der Waals surface area contributed by atoms with E-state index >= 15 is 0 Å². The Morgan fingerprint density at radius 1 is 0.500 bits per heavy atom. The van der Waals surface area contributed by atoms with Crippen LogP contribution in [-0.2, 0) is 0 Å². The van der Waals surface area contributed by atoms with Gasteiger partial charge in [0.05, 0.1) is 0 Å². The molecule has 4 heteroatoms. The lowest BCUT2D eigenvalue weighted by Gasteiger charge is -2.26. The predicted molar refractivity (Wildman–Crippen MR) is 86.3 cm³/mol. The minimum atomic E-state index is 1.22. The van der Waals surface area contributed by atoms with Crippen LogP contribution >= 0.6 is 0 Å². The second-order valence-corrected chi connectivity index (χ2v) is 6.26. The maximum Gasteiger partial charge on any atom is 0.0110 e. The highest BCUT2D eigenvalue weighted by Gasteiger charge is 2.16. The lowest BCUT2D eigenvalue weighted by molar-refractivity contribution is 0.205. The quantitative estimate of drug-likeness (QED) is 0.747. The Hall–Kier alpha value is -0.160. The Morgan fingerprint density at radius 3 is 1.25 bits per heavy atom. The summed E-state index contributed by atoms with van der Waals surface area (Å²) in [5.74, 6) is 0. The first kappa shape index (κ1) is 16.2. The van der Waals surface area contributed by atoms with E-state index in [0.29, 0.717) is 0 Å². The average molecular weight is 282 g/mol. The van der Waals surface area contributed by atoms with Crippen LogP contribution < -0.4 is 0 Å². The second-order valence-electron chi connectivity index (χ2n) is 6.26. The van der Waals surface area contributed by atoms with Crippen molar-refractivity contribution in [2.45, 2.75) is 26.7 Å². The van der Waals surface area contributed by atoms with Gasteiger partial charge < -0.3 is 19.6 Å². The number of nitrogens with zero attached hydrogens (tertiary/aromatic N) is 4. The number of likely N-dealkylation sites (N-methyl/N-ethyl adjacent to an activating group) is 2. The van der Waals surface area contributed by atoms with E-state index in [1.165, 1.54) is 91.4 Å². The van der Waals surface area contributed by atoms with E-state index in [1.807, 2.05) is 0 Å². The van der Waals surface area contributed by atoms with Crippen molar-refractivity contribution >= 4 is 0 Å². The zero-order chi connectivity index (χ0) is 14.2. The number of hydrogen-bond donors (Lipinski definition) is 0. The first-order valence-electron chi connectivity index (χ1n) is 8.71. The van der Waals surface area contributed by atoms with Gasteiger partial charge in [-0.25, -0.2) is 0 Å². The summed E-state index contributed by atoms with van der Waals surface area (Å²) >= 11 is 0. The van der Waals surface area contributed by atoms with E-state index in [9.17, 15) is 0 Å². The van der Waals surface area contributed by atoms with Crippen LogP contribution in [-0.4, -0.2) is 98.1 Å². The third-order valence-electron chi connectivity index (χ3n) is 4.99. The van der Waals surface area contributed by atoms with Crippen molar-refractivity contribution in [2.24, 2.45) is 0 Å². The molecule has 118 valence electrons. The van der Waals surface area contributed by atoms with Gasteiger partial charge in [-0.15, -0.1) is 0 Å². The highest BCUT2D eigenvalue weighted by Crippen LogP contribution is 2.05. The normalized spacial score (nSPS) is 25.5. The van der Waals surface area contributed by atoms with Crippen molar-refractivity contribution in [2.75, 3.05) is 78.5 Å². The summed E-state index contributed by atoms with van der Waals surface area (Å²) < 4.78 is 0. The molecule has 2 fully saturated rings. The summed E-state index contributed by atoms with van der Waals surface area (Å²) in [6, 6.07) is 0. The largest absolute Gasteiger partial charge is 0.302 e. The van der Waals surface area contributed by atoms with Crippen LogP contribution in [0.15, 0.2) is 0 Å². The molecule has 2 heterocycles. The SMILES string of the molecule is CCN1CCCN(CCN2CCCN(CC)CC2)CC1. The summed E-state index contributed by atoms with van der Waals surface area (Å²) in [5, 5.41) is 0. The van der Waals surface area contributed by atoms with Gasteiger partial charge in [0.2, 0.25) is 0 Å². The maximum atomic E-state index is 2.68. The summed E-state index contributed by atoms with van der Waals surface area (Å²) in [6.07, 6.45) is 2.69. The summed E-state index contributed by atoms with van der Waals surface area (Å²) in [5.41, 5.74) is 0. The van der Waals surface area contributed by atoms with E-state index in [-0.39, 0.29) is 0 Å². The molecule has 20 heavy (non-hydrogen) atoms. The Bertz CT molecular complexity index is 233. The van der Waals surface area contributed by atoms with E-state index in [1.54, 1.807) is 0 Å². The molecule has 0 bridgehead atoms. The van der Waals surface area contributed by atoms with E-state index in [0.717, 1.165) is 0 Å². The van der Waals surface area contributed by atoms with Crippen molar-refractivity contribution in [1.82, 2.24) is 19.6 Å². The fourth-order valence-corrected chi connectivity index (χ4v) is 3.41. The highest BCUT2D eigenvalue weighted by atomic mass is 15.3. The molecule has 0 atom stereocenters. The van der Waals surface area contributed by atoms with E-state index in [2.05, 4.69) is 33.4 Å². The van der Waals surface area contributed by atoms with Gasteiger partial charge in [-0.2, -0.15) is 0 Å². The second kappa shape index (κ2) is 8.98. The monoisotopic (exact) mass is 282 g/mol. The zero-order valence-corrected chi connectivity index (χ0v) is 13.7. The van der Waals surface area contributed by atoms with Crippen molar-refractivity contribution < 1.29 is 0 Å². The highest BCUT2D eigenvalue weighted by molar-refractivity contribution is 4.73. The van der Waals surface area contributed by atoms with Gasteiger partial charge in [-0.1, -0.05) is 13.8 Å². The molecule has 0 aromatic carbocycles. The molecule has 0 aromatic heterocycles. The molecule has 0 N–H and O–H groups in total. The molecule has 0 amide bonds. The van der Waals surface area contributed by atoms with Crippen LogP contribution in [0.1, 0.15) is 26.7 Å². The smallest absolute Gasteiger partial charge is 0.0110 e. The van der Waals surface area contributed by atoms with Crippen LogP contribution in [0.25, 0.3) is 0 Å². The fourth-order valence-electron chi connectivity index (χ4n) is 3.41. The molecule has 0 aliphatic carbocycles. The zero-order valence-electron chi connectivity index (χ0n) is 13.7. The number of hydrogen-bond acceptors (Lipinski definition) is 4. The Morgan fingerprint density at radius 2 is 0.850 bits per heavy atom. The van der Waals surface area contributed by atoms with Gasteiger partial charge in [0.15, 0.2) is 0 Å². The number of rotatable bonds is 5. The molecule has 0 spiro atoms. The Labute approximate surface area is 125 Å². The van der Waals surface area contributed by atoms with Crippen molar-refractivity contribution in [1.29, 1.82) is 0 Å². The van der Waals surface area contributed by atoms with E-state index < -0.39 is 0 Å². The van der Waals surface area contributed by atoms with Crippen LogP contribution in [0.3, 0.4) is 0 Å². The summed E-state index contributed by atoms with van der Waals surface area (Å²) in [6.45, 7) is 19.8. The average Bonchev–Trinajstić information content (AvgIpc) is 2.85. The summed E-state index contributed by atoms with van der Waals surface area (Å²) in [7, 11) is 0. The van der Waals surface area contributed by atoms with Gasteiger partial charge in [0, 0.05) is 39.3 Å². The van der Waals surface area contributed by atoms with Gasteiger partial charge in [0.25, 0.3) is 0 Å². The Balaban J connectivity index is 1.66. The first-order chi connectivity index (χ1) is 9.81. The molecule has 0 saturated carbocycles. The van der Waals surface area contributed by atoms with Crippen molar-refractivity contribution in [3.05, 3.63) is 0 Å². The van der Waals surface area contributed by atoms with Gasteiger partial charge >= 0.3 is 0 Å². The molecule has 0 aromatic rings. The minimum absolute atomic E-state index is 1.22. The fraction of sp³-hybridized carbons (Fsp3) is 1.00. The molecule has 2 rings (SSSR count). The van der Waals surface area contributed by atoms with Gasteiger partial charge in [-0.3, -0.25) is 0 Å². The van der Waals surface area contributed by atoms with Gasteiger partial charge in [0.1, 0.15) is 0 Å². The molecule has 2 aliphatic heterocycles. The maximum absolute atomic E-state index is 2.68.